The van der Waals surface area contributed by atoms with E-state index in [0.29, 0.717) is 5.82 Å². The zero-order valence-corrected chi connectivity index (χ0v) is 13.7. The van der Waals surface area contributed by atoms with Gasteiger partial charge in [-0.25, -0.2) is 18.1 Å². The minimum atomic E-state index is -3.56. The summed E-state index contributed by atoms with van der Waals surface area (Å²) in [5, 5.41) is 4.80. The summed E-state index contributed by atoms with van der Waals surface area (Å²) >= 11 is 1.56. The lowest BCUT2D eigenvalue weighted by molar-refractivity contribution is 0.540. The average Bonchev–Trinajstić information content (AvgIpc) is 3.01. The van der Waals surface area contributed by atoms with Crippen molar-refractivity contribution in [3.05, 3.63) is 40.7 Å². The summed E-state index contributed by atoms with van der Waals surface area (Å²) in [7, 11) is -1.86. The van der Waals surface area contributed by atoms with Crippen molar-refractivity contribution < 1.29 is 8.42 Å². The van der Waals surface area contributed by atoms with Crippen LogP contribution >= 0.6 is 11.3 Å². The van der Waals surface area contributed by atoms with Crippen molar-refractivity contribution in [2.45, 2.75) is 30.7 Å². The van der Waals surface area contributed by atoms with E-state index in [1.807, 2.05) is 24.4 Å². The molecule has 0 aromatic carbocycles. The Balaban J connectivity index is 2.25. The molecule has 114 valence electrons. The van der Waals surface area contributed by atoms with Crippen LogP contribution in [-0.2, 0) is 10.0 Å². The molecule has 7 heteroatoms. The van der Waals surface area contributed by atoms with Crippen molar-refractivity contribution in [2.75, 3.05) is 12.4 Å². The predicted octanol–water partition coefficient (Wildman–Crippen LogP) is 3.00. The number of thiophene rings is 1. The highest BCUT2D eigenvalue weighted by Gasteiger charge is 2.21. The lowest BCUT2D eigenvalue weighted by Gasteiger charge is -2.17. The Morgan fingerprint density at radius 2 is 2.19 bits per heavy atom. The molecule has 1 atom stereocenters. The van der Waals surface area contributed by atoms with Gasteiger partial charge in [0.2, 0.25) is 10.0 Å². The molecule has 21 heavy (non-hydrogen) atoms. The number of nitrogens with one attached hydrogen (secondary N) is 2. The molecule has 0 amide bonds. The van der Waals surface area contributed by atoms with E-state index in [9.17, 15) is 8.42 Å². The largest absolute Gasteiger partial charge is 0.373 e. The third-order valence-corrected chi connectivity index (χ3v) is 5.51. The van der Waals surface area contributed by atoms with Gasteiger partial charge >= 0.3 is 0 Å². The molecule has 2 heterocycles. The van der Waals surface area contributed by atoms with Crippen molar-refractivity contribution in [3.8, 4) is 0 Å². The van der Waals surface area contributed by atoms with Gasteiger partial charge in [-0.3, -0.25) is 0 Å². The van der Waals surface area contributed by atoms with Crippen LogP contribution in [0.4, 0.5) is 5.82 Å². The molecule has 5 nitrogen and oxygen atoms in total. The lowest BCUT2D eigenvalue weighted by atomic mass is 10.1. The first-order valence-corrected chi connectivity index (χ1v) is 9.12. The van der Waals surface area contributed by atoms with Gasteiger partial charge in [-0.05, 0) is 23.9 Å². The van der Waals surface area contributed by atoms with Gasteiger partial charge in [0.25, 0.3) is 0 Å². The van der Waals surface area contributed by atoms with Crippen LogP contribution in [0, 0.1) is 0 Å². The summed E-state index contributed by atoms with van der Waals surface area (Å²) in [6.45, 7) is 2.04. The lowest BCUT2D eigenvalue weighted by Crippen LogP contribution is -2.28. The number of rotatable bonds is 7. The summed E-state index contributed by atoms with van der Waals surface area (Å²) in [5.74, 6) is 0.529. The van der Waals surface area contributed by atoms with E-state index in [0.717, 1.165) is 17.7 Å². The molecule has 2 aromatic rings. The molecule has 0 spiro atoms. The molecule has 2 aromatic heterocycles. The van der Waals surface area contributed by atoms with E-state index in [-0.39, 0.29) is 10.9 Å². The van der Waals surface area contributed by atoms with Gasteiger partial charge in [-0.2, -0.15) is 0 Å². The molecule has 0 aliphatic heterocycles. The second-order valence-corrected chi connectivity index (χ2v) is 7.30. The van der Waals surface area contributed by atoms with E-state index in [1.54, 1.807) is 18.4 Å². The number of sulfonamides is 1. The second-order valence-electron chi connectivity index (χ2n) is 4.60. The molecule has 0 fully saturated rings. The fraction of sp³-hybridized carbons (Fsp3) is 0.357. The zero-order chi connectivity index (χ0) is 15.3. The predicted molar refractivity (Wildman–Crippen MR) is 86.1 cm³/mol. The summed E-state index contributed by atoms with van der Waals surface area (Å²) in [6.07, 6.45) is 3.16. The second kappa shape index (κ2) is 7.02. The van der Waals surface area contributed by atoms with Crippen molar-refractivity contribution >= 4 is 27.2 Å². The Kier molecular flexibility index (Phi) is 5.33. The van der Waals surface area contributed by atoms with Gasteiger partial charge < -0.3 is 5.32 Å². The molecule has 0 aliphatic rings. The molecule has 1 unspecified atom stereocenters. The maximum absolute atomic E-state index is 12.5. The van der Waals surface area contributed by atoms with Gasteiger partial charge in [-0.1, -0.05) is 19.4 Å². The summed E-state index contributed by atoms with van der Waals surface area (Å²) in [4.78, 5) is 5.29. The summed E-state index contributed by atoms with van der Waals surface area (Å²) in [5.41, 5.74) is 0. The van der Waals surface area contributed by atoms with E-state index in [1.165, 1.54) is 18.3 Å². The van der Waals surface area contributed by atoms with E-state index >= 15 is 0 Å². The highest BCUT2D eigenvalue weighted by Crippen LogP contribution is 2.25. The van der Waals surface area contributed by atoms with Crippen LogP contribution in [0.3, 0.4) is 0 Å². The Morgan fingerprint density at radius 1 is 1.38 bits per heavy atom. The van der Waals surface area contributed by atoms with E-state index < -0.39 is 10.0 Å². The standard InChI is InChI=1S/C14H19N3O2S2/c1-3-5-12(13-6-4-9-20-13)17-21(18,19)11-7-8-16-14(10-11)15-2/h4,6-10,12,17H,3,5H2,1-2H3,(H,15,16). The van der Waals surface area contributed by atoms with Gasteiger partial charge in [0.15, 0.2) is 0 Å². The SMILES string of the molecule is CCCC(NS(=O)(=O)c1ccnc(NC)c1)c1cccs1. The number of aromatic nitrogens is 1. The highest BCUT2D eigenvalue weighted by atomic mass is 32.2. The minimum absolute atomic E-state index is 0.189. The van der Waals surface area contributed by atoms with Crippen molar-refractivity contribution in [1.82, 2.24) is 9.71 Å². The third kappa shape index (κ3) is 4.03. The molecule has 0 radical (unpaired) electrons. The van der Waals surface area contributed by atoms with Crippen LogP contribution in [0.5, 0.6) is 0 Å². The number of pyridine rings is 1. The summed E-state index contributed by atoms with van der Waals surface area (Å²) in [6, 6.07) is 6.73. The Hall–Kier alpha value is -1.44. The van der Waals surface area contributed by atoms with Crippen LogP contribution < -0.4 is 10.0 Å². The molecule has 0 saturated heterocycles. The third-order valence-electron chi connectivity index (χ3n) is 3.06. The van der Waals surface area contributed by atoms with Gasteiger partial charge in [-0.15, -0.1) is 11.3 Å². The zero-order valence-electron chi connectivity index (χ0n) is 12.0. The van der Waals surface area contributed by atoms with Crippen LogP contribution in [0.15, 0.2) is 40.7 Å². The number of anilines is 1. The normalized spacial score (nSPS) is 13.0. The first kappa shape index (κ1) is 15.9. The Morgan fingerprint density at radius 3 is 2.81 bits per heavy atom. The van der Waals surface area contributed by atoms with Crippen molar-refractivity contribution in [1.29, 1.82) is 0 Å². The van der Waals surface area contributed by atoms with Crippen molar-refractivity contribution in [3.63, 3.8) is 0 Å². The maximum Gasteiger partial charge on any atom is 0.241 e. The molecule has 0 bridgehead atoms. The van der Waals surface area contributed by atoms with Gasteiger partial charge in [0.1, 0.15) is 5.82 Å². The van der Waals surface area contributed by atoms with Crippen LogP contribution in [0.25, 0.3) is 0 Å². The highest BCUT2D eigenvalue weighted by molar-refractivity contribution is 7.89. The average molecular weight is 325 g/mol. The quantitative estimate of drug-likeness (QED) is 0.821. The number of hydrogen-bond acceptors (Lipinski definition) is 5. The minimum Gasteiger partial charge on any atom is -0.373 e. The van der Waals surface area contributed by atoms with Gasteiger partial charge in [0.05, 0.1) is 10.9 Å². The van der Waals surface area contributed by atoms with Crippen LogP contribution in [0.1, 0.15) is 30.7 Å². The fourth-order valence-electron chi connectivity index (χ4n) is 2.01. The Bertz CT molecular complexity index is 669. The van der Waals surface area contributed by atoms with E-state index in [2.05, 4.69) is 15.0 Å². The van der Waals surface area contributed by atoms with Crippen molar-refractivity contribution in [2.24, 2.45) is 0 Å². The smallest absolute Gasteiger partial charge is 0.241 e. The van der Waals surface area contributed by atoms with E-state index in [4.69, 9.17) is 0 Å². The molecular weight excluding hydrogens is 306 g/mol. The number of hydrogen-bond donors (Lipinski definition) is 2. The summed E-state index contributed by atoms with van der Waals surface area (Å²) < 4.78 is 27.8. The molecule has 0 aliphatic carbocycles. The molecule has 2 rings (SSSR count). The van der Waals surface area contributed by atoms with Crippen LogP contribution in [0.2, 0.25) is 0 Å². The van der Waals surface area contributed by atoms with Gasteiger partial charge in [0, 0.05) is 24.2 Å². The maximum atomic E-state index is 12.5. The molecule has 2 N–H and O–H groups in total. The first-order valence-electron chi connectivity index (χ1n) is 6.76. The monoisotopic (exact) mass is 325 g/mol. The molecule has 0 saturated carbocycles. The van der Waals surface area contributed by atoms with Crippen LogP contribution in [-0.4, -0.2) is 20.4 Å². The first-order chi connectivity index (χ1) is 10.1. The topological polar surface area (TPSA) is 71.1 Å². The fourth-order valence-corrected chi connectivity index (χ4v) is 4.16. The Labute approximate surface area is 129 Å². The molecular formula is C14H19N3O2S2. The number of nitrogens with zero attached hydrogens (tertiary/aromatic N) is 1.